The van der Waals surface area contributed by atoms with E-state index in [0.29, 0.717) is 24.9 Å². The largest absolute Gasteiger partial charge is 0.325 e. The molecular weight excluding hydrogens is 372 g/mol. The van der Waals surface area contributed by atoms with Gasteiger partial charge >= 0.3 is 6.03 Å². The van der Waals surface area contributed by atoms with Crippen LogP contribution < -0.4 is 20.9 Å². The molecule has 0 saturated carbocycles. The zero-order valence-corrected chi connectivity index (χ0v) is 15.5. The molecule has 1 aliphatic carbocycles. The topological polar surface area (TPSA) is 108 Å². The highest BCUT2D eigenvalue weighted by Gasteiger charge is 2.50. The average molecular weight is 390 g/mol. The first-order chi connectivity index (χ1) is 13.9. The highest BCUT2D eigenvalue weighted by Crippen LogP contribution is 2.34. The minimum Gasteiger partial charge on any atom is -0.325 e. The summed E-state index contributed by atoms with van der Waals surface area (Å²) in [4.78, 5) is 50.0. The molecule has 1 saturated heterocycles. The first-order valence-corrected chi connectivity index (χ1v) is 9.37. The summed E-state index contributed by atoms with van der Waals surface area (Å²) in [6, 6.07) is 12.4. The molecule has 8 heteroatoms. The summed E-state index contributed by atoms with van der Waals surface area (Å²) in [7, 11) is 0. The van der Waals surface area contributed by atoms with Crippen molar-refractivity contribution in [1.82, 2.24) is 10.6 Å². The summed E-state index contributed by atoms with van der Waals surface area (Å²) in [5.74, 6) is -0.717. The molecule has 1 atom stereocenters. The van der Waals surface area contributed by atoms with Crippen LogP contribution in [0, 0.1) is 0 Å². The average Bonchev–Trinajstić information content (AvgIpc) is 3.28. The van der Waals surface area contributed by atoms with Crippen molar-refractivity contribution in [2.45, 2.75) is 24.8 Å². The molecule has 146 valence electrons. The number of rotatable bonds is 3. The van der Waals surface area contributed by atoms with Crippen LogP contribution >= 0.6 is 0 Å². The number of urea groups is 1. The molecule has 0 bridgehead atoms. The Morgan fingerprint density at radius 2 is 1.83 bits per heavy atom. The van der Waals surface area contributed by atoms with E-state index in [2.05, 4.69) is 16.0 Å². The number of hydrogen-bond donors (Lipinski definition) is 3. The van der Waals surface area contributed by atoms with Gasteiger partial charge in [-0.25, -0.2) is 4.79 Å². The number of para-hydroxylation sites is 1. The maximum Gasteiger partial charge on any atom is 0.322 e. The summed E-state index contributed by atoms with van der Waals surface area (Å²) in [5.41, 5.74) is 3.21. The maximum atomic E-state index is 12.5. The second-order valence-electron chi connectivity index (χ2n) is 7.66. The molecule has 0 radical (unpaired) electrons. The van der Waals surface area contributed by atoms with E-state index < -0.39 is 11.6 Å². The fourth-order valence-electron chi connectivity index (χ4n) is 4.36. The Morgan fingerprint density at radius 1 is 1.03 bits per heavy atom. The van der Waals surface area contributed by atoms with Crippen molar-refractivity contribution in [3.8, 4) is 0 Å². The van der Waals surface area contributed by atoms with E-state index >= 15 is 0 Å². The first kappa shape index (κ1) is 17.4. The molecule has 1 fully saturated rings. The number of anilines is 2. The van der Waals surface area contributed by atoms with E-state index in [1.807, 2.05) is 36.4 Å². The number of fused-ring (bicyclic) bond motifs is 2. The standard InChI is InChI=1S/C21H18N4O4/c26-17(11-25-16-4-2-1-3-12(16)8-18(25)27)22-15-6-5-13-9-21(10-14(13)7-15)19(28)23-20(29)24-21/h1-7H,8-11H2,(H,22,26)(H2,23,24,28,29). The molecule has 2 aromatic rings. The number of nitrogens with zero attached hydrogens (tertiary/aromatic N) is 1. The lowest BCUT2D eigenvalue weighted by Gasteiger charge is -2.18. The Labute approximate surface area is 166 Å². The van der Waals surface area contributed by atoms with Crippen LogP contribution in [0.2, 0.25) is 0 Å². The fraction of sp³-hybridized carbons (Fsp3) is 0.238. The van der Waals surface area contributed by atoms with E-state index in [1.165, 1.54) is 4.90 Å². The normalized spacial score (nSPS) is 21.8. The molecular formula is C21H18N4O4. The predicted octanol–water partition coefficient (Wildman–Crippen LogP) is 0.891. The maximum absolute atomic E-state index is 12.5. The van der Waals surface area contributed by atoms with E-state index in [1.54, 1.807) is 6.07 Å². The van der Waals surface area contributed by atoms with E-state index in [9.17, 15) is 19.2 Å². The molecule has 2 aromatic carbocycles. The monoisotopic (exact) mass is 390 g/mol. The molecule has 29 heavy (non-hydrogen) atoms. The number of carbonyl (C=O) groups is 4. The summed E-state index contributed by atoms with van der Waals surface area (Å²) >= 11 is 0. The third-order valence-corrected chi connectivity index (χ3v) is 5.72. The minimum atomic E-state index is -0.937. The second-order valence-corrected chi connectivity index (χ2v) is 7.66. The van der Waals surface area contributed by atoms with Gasteiger partial charge in [0.05, 0.1) is 6.42 Å². The van der Waals surface area contributed by atoms with Crippen molar-refractivity contribution in [3.05, 3.63) is 59.2 Å². The van der Waals surface area contributed by atoms with Crippen LogP contribution in [0.4, 0.5) is 16.2 Å². The Bertz CT molecular complexity index is 1100. The van der Waals surface area contributed by atoms with Gasteiger partial charge in [0.2, 0.25) is 11.8 Å². The van der Waals surface area contributed by atoms with Gasteiger partial charge in [0, 0.05) is 24.2 Å². The zero-order valence-electron chi connectivity index (χ0n) is 15.5. The minimum absolute atomic E-state index is 0.0602. The molecule has 2 aliphatic heterocycles. The molecule has 5 amide bonds. The third kappa shape index (κ3) is 2.84. The molecule has 1 spiro atoms. The van der Waals surface area contributed by atoms with Crippen molar-refractivity contribution < 1.29 is 19.2 Å². The molecule has 0 aromatic heterocycles. The van der Waals surface area contributed by atoms with Crippen LogP contribution in [0.25, 0.3) is 0 Å². The highest BCUT2D eigenvalue weighted by atomic mass is 16.2. The lowest BCUT2D eigenvalue weighted by Crippen LogP contribution is -2.47. The van der Waals surface area contributed by atoms with Crippen LogP contribution in [0.15, 0.2) is 42.5 Å². The molecule has 8 nitrogen and oxygen atoms in total. The lowest BCUT2D eigenvalue weighted by molar-refractivity contribution is -0.123. The highest BCUT2D eigenvalue weighted by molar-refractivity contribution is 6.08. The Morgan fingerprint density at radius 3 is 2.62 bits per heavy atom. The van der Waals surface area contributed by atoms with Gasteiger partial charge in [0.15, 0.2) is 0 Å². The number of carbonyl (C=O) groups excluding carboxylic acids is 4. The van der Waals surface area contributed by atoms with Crippen molar-refractivity contribution in [2.75, 3.05) is 16.8 Å². The number of nitrogens with one attached hydrogen (secondary N) is 3. The summed E-state index contributed by atoms with van der Waals surface area (Å²) in [5, 5.41) is 7.83. The molecule has 5 rings (SSSR count). The Kier molecular flexibility index (Phi) is 3.70. The summed E-state index contributed by atoms with van der Waals surface area (Å²) in [6.45, 7) is -0.0602. The lowest BCUT2D eigenvalue weighted by atomic mass is 9.96. The first-order valence-electron chi connectivity index (χ1n) is 9.37. The van der Waals surface area contributed by atoms with E-state index in [0.717, 1.165) is 22.4 Å². The summed E-state index contributed by atoms with van der Waals surface area (Å²) < 4.78 is 0. The van der Waals surface area contributed by atoms with Crippen molar-refractivity contribution in [3.63, 3.8) is 0 Å². The van der Waals surface area contributed by atoms with Crippen molar-refractivity contribution >= 4 is 35.1 Å². The smallest absolute Gasteiger partial charge is 0.322 e. The van der Waals surface area contributed by atoms with Gasteiger partial charge in [0.1, 0.15) is 12.1 Å². The SMILES string of the molecule is O=C(CN1C(=O)Cc2ccccc21)Nc1ccc2c(c1)CC1(C2)NC(=O)NC1=O. The van der Waals surface area contributed by atoms with Crippen molar-refractivity contribution in [2.24, 2.45) is 0 Å². The Hall–Kier alpha value is -3.68. The fourth-order valence-corrected chi connectivity index (χ4v) is 4.36. The quantitative estimate of drug-likeness (QED) is 0.677. The third-order valence-electron chi connectivity index (χ3n) is 5.72. The van der Waals surface area contributed by atoms with Gasteiger partial charge in [-0.15, -0.1) is 0 Å². The molecule has 2 heterocycles. The van der Waals surface area contributed by atoms with Crippen LogP contribution in [0.5, 0.6) is 0 Å². The van der Waals surface area contributed by atoms with E-state index in [-0.39, 0.29) is 24.3 Å². The van der Waals surface area contributed by atoms with Crippen LogP contribution in [-0.2, 0) is 33.6 Å². The van der Waals surface area contributed by atoms with Gasteiger partial charge < -0.3 is 15.5 Å². The van der Waals surface area contributed by atoms with Gasteiger partial charge in [-0.3, -0.25) is 19.7 Å². The number of imide groups is 1. The number of benzene rings is 2. The van der Waals surface area contributed by atoms with Gasteiger partial charge in [-0.05, 0) is 34.9 Å². The summed E-state index contributed by atoms with van der Waals surface area (Å²) in [6.07, 6.45) is 1.10. The van der Waals surface area contributed by atoms with Crippen LogP contribution in [0.3, 0.4) is 0 Å². The number of hydrogen-bond acceptors (Lipinski definition) is 4. The molecule has 3 N–H and O–H groups in total. The van der Waals surface area contributed by atoms with Crippen LogP contribution in [-0.4, -0.2) is 35.8 Å². The Balaban J connectivity index is 1.30. The van der Waals surface area contributed by atoms with Gasteiger partial charge in [-0.1, -0.05) is 24.3 Å². The molecule has 1 unspecified atom stereocenters. The van der Waals surface area contributed by atoms with Gasteiger partial charge in [0.25, 0.3) is 5.91 Å². The zero-order chi connectivity index (χ0) is 20.2. The van der Waals surface area contributed by atoms with E-state index in [4.69, 9.17) is 0 Å². The molecule has 3 aliphatic rings. The number of amides is 5. The predicted molar refractivity (Wildman–Crippen MR) is 104 cm³/mol. The van der Waals surface area contributed by atoms with Crippen LogP contribution in [0.1, 0.15) is 16.7 Å². The van der Waals surface area contributed by atoms with Gasteiger partial charge in [-0.2, -0.15) is 0 Å². The second kappa shape index (κ2) is 6.16. The van der Waals surface area contributed by atoms with Crippen molar-refractivity contribution in [1.29, 1.82) is 0 Å².